The van der Waals surface area contributed by atoms with Gasteiger partial charge in [0, 0.05) is 11.5 Å². The molecule has 0 amide bonds. The van der Waals surface area contributed by atoms with Crippen LogP contribution in [-0.4, -0.2) is 30.3 Å². The van der Waals surface area contributed by atoms with E-state index in [1.807, 2.05) is 0 Å². The molecule has 2 heteroatoms. The number of carbonyl (C=O) groups excluding carboxylic acids is 1. The number of likely N-dealkylation sites (tertiary alicyclic amines) is 1. The SMILES string of the molecule is O=CC12CC3CC(CC(C3)C1N1CCCCC1)C2. The summed E-state index contributed by atoms with van der Waals surface area (Å²) in [7, 11) is 0. The van der Waals surface area contributed by atoms with E-state index in [1.165, 1.54) is 70.7 Å². The fourth-order valence-electron chi connectivity index (χ4n) is 6.10. The highest BCUT2D eigenvalue weighted by Gasteiger charge is 2.58. The molecule has 0 radical (unpaired) electrons. The monoisotopic (exact) mass is 247 g/mol. The van der Waals surface area contributed by atoms with E-state index in [4.69, 9.17) is 0 Å². The molecule has 0 N–H and O–H groups in total. The molecule has 0 spiro atoms. The molecule has 4 bridgehead atoms. The lowest BCUT2D eigenvalue weighted by atomic mass is 9.47. The summed E-state index contributed by atoms with van der Waals surface area (Å²) >= 11 is 0. The third-order valence-corrected chi connectivity index (χ3v) is 6.33. The van der Waals surface area contributed by atoms with Gasteiger partial charge in [-0.05, 0) is 75.8 Å². The standard InChI is InChI=1S/C16H25NO/c18-11-16-9-12-6-13(10-16)8-14(7-12)15(16)17-4-2-1-3-5-17/h11-15H,1-10H2. The molecule has 18 heavy (non-hydrogen) atoms. The average Bonchev–Trinajstić information content (AvgIpc) is 2.39. The summed E-state index contributed by atoms with van der Waals surface area (Å²) in [5.74, 6) is 2.61. The Bertz CT molecular complexity index is 331. The molecule has 4 aliphatic carbocycles. The Kier molecular flexibility index (Phi) is 2.58. The maximum absolute atomic E-state index is 11.9. The lowest BCUT2D eigenvalue weighted by Crippen LogP contribution is -2.63. The van der Waals surface area contributed by atoms with Gasteiger partial charge in [0.15, 0.2) is 0 Å². The summed E-state index contributed by atoms with van der Waals surface area (Å²) in [6.45, 7) is 2.51. The van der Waals surface area contributed by atoms with Crippen LogP contribution in [0, 0.1) is 23.2 Å². The molecule has 3 unspecified atom stereocenters. The lowest BCUT2D eigenvalue weighted by molar-refractivity contribution is -0.151. The van der Waals surface area contributed by atoms with Gasteiger partial charge in [-0.1, -0.05) is 6.42 Å². The molecular formula is C16H25NO. The largest absolute Gasteiger partial charge is 0.303 e. The quantitative estimate of drug-likeness (QED) is 0.699. The Hall–Kier alpha value is -0.370. The molecule has 100 valence electrons. The normalized spacial score (nSPS) is 51.6. The fraction of sp³-hybridized carbons (Fsp3) is 0.938. The first-order chi connectivity index (χ1) is 8.81. The molecule has 4 saturated carbocycles. The molecule has 5 fully saturated rings. The number of piperidine rings is 1. The van der Waals surface area contributed by atoms with Gasteiger partial charge in [-0.15, -0.1) is 0 Å². The van der Waals surface area contributed by atoms with Crippen LogP contribution >= 0.6 is 0 Å². The zero-order chi connectivity index (χ0) is 12.2. The summed E-state index contributed by atoms with van der Waals surface area (Å²) < 4.78 is 0. The van der Waals surface area contributed by atoms with Crippen LogP contribution in [0.5, 0.6) is 0 Å². The van der Waals surface area contributed by atoms with Crippen molar-refractivity contribution in [3.63, 3.8) is 0 Å². The van der Waals surface area contributed by atoms with Crippen molar-refractivity contribution in [2.75, 3.05) is 13.1 Å². The van der Waals surface area contributed by atoms with Crippen molar-refractivity contribution >= 4 is 6.29 Å². The smallest absolute Gasteiger partial charge is 0.127 e. The fourth-order valence-corrected chi connectivity index (χ4v) is 6.10. The summed E-state index contributed by atoms with van der Waals surface area (Å²) in [5, 5.41) is 0. The van der Waals surface area contributed by atoms with Crippen LogP contribution in [0.2, 0.25) is 0 Å². The highest BCUT2D eigenvalue weighted by Crippen LogP contribution is 2.60. The number of hydrogen-bond acceptors (Lipinski definition) is 2. The van der Waals surface area contributed by atoms with Crippen LogP contribution in [0.15, 0.2) is 0 Å². The minimum Gasteiger partial charge on any atom is -0.303 e. The van der Waals surface area contributed by atoms with Crippen molar-refractivity contribution in [1.82, 2.24) is 4.90 Å². The predicted octanol–water partition coefficient (Wildman–Crippen LogP) is 2.87. The molecule has 1 saturated heterocycles. The number of nitrogens with zero attached hydrogens (tertiary/aromatic N) is 1. The van der Waals surface area contributed by atoms with Gasteiger partial charge in [0.2, 0.25) is 0 Å². The summed E-state index contributed by atoms with van der Waals surface area (Å²) in [6.07, 6.45) is 12.2. The van der Waals surface area contributed by atoms with Gasteiger partial charge < -0.3 is 4.79 Å². The maximum Gasteiger partial charge on any atom is 0.127 e. The predicted molar refractivity (Wildman–Crippen MR) is 71.3 cm³/mol. The molecule has 5 aliphatic rings. The molecule has 0 aromatic rings. The van der Waals surface area contributed by atoms with Crippen LogP contribution in [0.4, 0.5) is 0 Å². The van der Waals surface area contributed by atoms with E-state index in [0.29, 0.717) is 6.04 Å². The van der Waals surface area contributed by atoms with Crippen LogP contribution in [-0.2, 0) is 4.79 Å². The Balaban J connectivity index is 1.66. The van der Waals surface area contributed by atoms with Gasteiger partial charge in [-0.3, -0.25) is 4.90 Å². The van der Waals surface area contributed by atoms with Crippen molar-refractivity contribution in [3.8, 4) is 0 Å². The van der Waals surface area contributed by atoms with Crippen molar-refractivity contribution in [1.29, 1.82) is 0 Å². The van der Waals surface area contributed by atoms with Gasteiger partial charge in [-0.25, -0.2) is 0 Å². The molecule has 0 aromatic heterocycles. The first kappa shape index (κ1) is 11.5. The molecule has 2 nitrogen and oxygen atoms in total. The van der Waals surface area contributed by atoms with Crippen molar-refractivity contribution in [2.24, 2.45) is 23.2 Å². The minimum absolute atomic E-state index is 0.0616. The maximum atomic E-state index is 11.9. The topological polar surface area (TPSA) is 20.3 Å². The number of carbonyl (C=O) groups is 1. The Morgan fingerprint density at radius 2 is 1.61 bits per heavy atom. The first-order valence-electron chi connectivity index (χ1n) is 8.01. The molecule has 5 rings (SSSR count). The second-order valence-electron chi connectivity index (χ2n) is 7.50. The molecule has 0 aromatic carbocycles. The van der Waals surface area contributed by atoms with Crippen molar-refractivity contribution in [3.05, 3.63) is 0 Å². The van der Waals surface area contributed by atoms with Crippen LogP contribution in [0.1, 0.15) is 51.4 Å². The van der Waals surface area contributed by atoms with E-state index in [9.17, 15) is 4.79 Å². The van der Waals surface area contributed by atoms with E-state index in [0.717, 1.165) is 17.8 Å². The van der Waals surface area contributed by atoms with Crippen LogP contribution in [0.25, 0.3) is 0 Å². The van der Waals surface area contributed by atoms with E-state index >= 15 is 0 Å². The molecule has 1 aliphatic heterocycles. The Labute approximate surface area is 110 Å². The number of rotatable bonds is 2. The first-order valence-corrected chi connectivity index (χ1v) is 8.01. The highest BCUT2D eigenvalue weighted by atomic mass is 16.1. The second-order valence-corrected chi connectivity index (χ2v) is 7.50. The molecule has 1 heterocycles. The van der Waals surface area contributed by atoms with Crippen LogP contribution in [0.3, 0.4) is 0 Å². The van der Waals surface area contributed by atoms with Crippen molar-refractivity contribution in [2.45, 2.75) is 57.4 Å². The second kappa shape index (κ2) is 4.06. The zero-order valence-electron chi connectivity index (χ0n) is 11.3. The summed E-state index contributed by atoms with van der Waals surface area (Å²) in [6, 6.07) is 0.614. The number of aldehydes is 1. The molecule has 3 atom stereocenters. The Morgan fingerprint density at radius 3 is 2.22 bits per heavy atom. The van der Waals surface area contributed by atoms with E-state index in [-0.39, 0.29) is 5.41 Å². The summed E-state index contributed by atoms with van der Waals surface area (Å²) in [4.78, 5) is 14.6. The van der Waals surface area contributed by atoms with Crippen LogP contribution < -0.4 is 0 Å². The van der Waals surface area contributed by atoms with Gasteiger partial charge in [0.1, 0.15) is 6.29 Å². The van der Waals surface area contributed by atoms with Gasteiger partial charge in [0.25, 0.3) is 0 Å². The zero-order valence-corrected chi connectivity index (χ0v) is 11.3. The van der Waals surface area contributed by atoms with Gasteiger partial charge >= 0.3 is 0 Å². The van der Waals surface area contributed by atoms with E-state index in [1.54, 1.807) is 0 Å². The van der Waals surface area contributed by atoms with E-state index < -0.39 is 0 Å². The Morgan fingerprint density at radius 1 is 0.944 bits per heavy atom. The third-order valence-electron chi connectivity index (χ3n) is 6.33. The molecular weight excluding hydrogens is 222 g/mol. The average molecular weight is 247 g/mol. The van der Waals surface area contributed by atoms with Gasteiger partial charge in [-0.2, -0.15) is 0 Å². The minimum atomic E-state index is 0.0616. The van der Waals surface area contributed by atoms with Crippen molar-refractivity contribution < 1.29 is 4.79 Å². The van der Waals surface area contributed by atoms with E-state index in [2.05, 4.69) is 4.90 Å². The highest BCUT2D eigenvalue weighted by molar-refractivity contribution is 5.62. The lowest BCUT2D eigenvalue weighted by Gasteiger charge is -2.62. The number of hydrogen-bond donors (Lipinski definition) is 0. The summed E-state index contributed by atoms with van der Waals surface area (Å²) in [5.41, 5.74) is 0.0616. The third kappa shape index (κ3) is 1.54. The van der Waals surface area contributed by atoms with Gasteiger partial charge in [0.05, 0.1) is 0 Å².